The molecule has 0 saturated carbocycles. The van der Waals surface area contributed by atoms with Crippen LogP contribution >= 0.6 is 0 Å². The van der Waals surface area contributed by atoms with Crippen molar-refractivity contribution >= 4 is 11.9 Å². The fourth-order valence-corrected chi connectivity index (χ4v) is 91.6. The van der Waals surface area contributed by atoms with E-state index in [-0.39, 0.29) is 5.82 Å². The standard InChI is InChI=1S/C14H10FO.C5H5.Fe/c15-13-8-5-11(6-9-13)7-10-14(16)12-3-1-2-4-12;1-2-4-5-3-1;/h1-10H;1-5H;. The Hall–Kier alpha value is -0.921. The molecule has 0 radical (unpaired) electrons. The van der Waals surface area contributed by atoms with Crippen LogP contribution in [-0.4, -0.2) is 5.78 Å². The number of allylic oxidation sites excluding steroid dienone is 1. The minimum absolute atomic E-state index is 0.208. The van der Waals surface area contributed by atoms with Gasteiger partial charge in [-0.2, -0.15) is 0 Å². The Bertz CT molecular complexity index is 1240. The average molecular weight is 334 g/mol. The first-order chi connectivity index (χ1) is 10.4. The van der Waals surface area contributed by atoms with Crippen molar-refractivity contribution in [3.63, 3.8) is 0 Å². The zero-order valence-electron chi connectivity index (χ0n) is 11.8. The summed E-state index contributed by atoms with van der Waals surface area (Å²) >= 11 is 0. The van der Waals surface area contributed by atoms with E-state index in [1.165, 1.54) is 45.8 Å². The molecule has 22 heavy (non-hydrogen) atoms. The molecule has 0 N–H and O–H groups in total. The van der Waals surface area contributed by atoms with Gasteiger partial charge in [-0.15, -0.1) is 0 Å². The Morgan fingerprint density at radius 2 is 1.50 bits per heavy atom. The van der Waals surface area contributed by atoms with Gasteiger partial charge in [0.25, 0.3) is 0 Å². The van der Waals surface area contributed by atoms with E-state index in [1.807, 2.05) is 12.2 Å². The molecular formula is C19H15FFeO. The second kappa shape index (κ2) is 0.862. The molecular weight excluding hydrogens is 319 g/mol. The molecule has 10 aliphatic rings. The van der Waals surface area contributed by atoms with Crippen LogP contribution in [0, 0.1) is 5.82 Å². The number of carbonyl (C=O) groups excluding carboxylic acids is 1. The van der Waals surface area contributed by atoms with Gasteiger partial charge in [-0.25, -0.2) is 0 Å². The van der Waals surface area contributed by atoms with Gasteiger partial charge in [-0.05, 0) is 0 Å². The average Bonchev–Trinajstić information content (AvgIpc) is 3.46. The van der Waals surface area contributed by atoms with Crippen molar-refractivity contribution in [2.24, 2.45) is 0 Å². The fourth-order valence-electron chi connectivity index (χ4n) is 17.7. The molecule has 1 nitrogen and oxygen atoms in total. The van der Waals surface area contributed by atoms with Crippen LogP contribution in [0.25, 0.3) is 6.08 Å². The summed E-state index contributed by atoms with van der Waals surface area (Å²) in [6.45, 7) is -3.26. The molecule has 0 aromatic heterocycles. The summed E-state index contributed by atoms with van der Waals surface area (Å²) in [4.78, 5) is 23.8. The zero-order valence-corrected chi connectivity index (χ0v) is 12.9. The number of hydrogen-bond donors (Lipinski definition) is 0. The predicted molar refractivity (Wildman–Crippen MR) is 76.9 cm³/mol. The van der Waals surface area contributed by atoms with Gasteiger partial charge in [0.1, 0.15) is 0 Å². The molecule has 4 atom stereocenters. The van der Waals surface area contributed by atoms with E-state index in [4.69, 9.17) is 0 Å². The third-order valence-electron chi connectivity index (χ3n) is 16.4. The first-order valence-corrected chi connectivity index (χ1v) is 14.9. The van der Waals surface area contributed by atoms with Crippen LogP contribution in [0.5, 0.6) is 0 Å². The van der Waals surface area contributed by atoms with Gasteiger partial charge in [-0.3, -0.25) is 0 Å². The summed E-state index contributed by atoms with van der Waals surface area (Å²) < 4.78 is 13.3. The monoisotopic (exact) mass is 334 g/mol. The number of hydrogen-bond acceptors (Lipinski definition) is 1. The van der Waals surface area contributed by atoms with E-state index in [1.54, 1.807) is 12.1 Å². The summed E-state index contributed by atoms with van der Waals surface area (Å²) in [5.74, 6) is 0.336. The summed E-state index contributed by atoms with van der Waals surface area (Å²) in [5, 5.41) is 0. The van der Waals surface area contributed by atoms with Crippen LogP contribution in [0.3, 0.4) is 0 Å². The number of halogens is 1. The molecule has 1 spiro atoms. The third-order valence-corrected chi connectivity index (χ3v) is 58.7. The molecule has 4 unspecified atom stereocenters. The van der Waals surface area contributed by atoms with Crippen molar-refractivity contribution in [2.75, 3.05) is 0 Å². The van der Waals surface area contributed by atoms with Crippen molar-refractivity contribution < 1.29 is 15.7 Å². The Morgan fingerprint density at radius 3 is 1.91 bits per heavy atom. The van der Waals surface area contributed by atoms with Crippen LogP contribution in [0.15, 0.2) is 30.3 Å². The van der Waals surface area contributed by atoms with Crippen molar-refractivity contribution in [2.45, 2.75) is 47.7 Å². The van der Waals surface area contributed by atoms with Gasteiger partial charge in [-0.1, -0.05) is 0 Å². The Balaban J connectivity index is 1.18. The van der Waals surface area contributed by atoms with E-state index < -0.39 is 6.51 Å². The minimum atomic E-state index is -3.26. The molecule has 3 heteroatoms. The summed E-state index contributed by atoms with van der Waals surface area (Å²) in [6.07, 6.45) is 3.86. The molecule has 10 saturated heterocycles. The van der Waals surface area contributed by atoms with Crippen molar-refractivity contribution in [1.29, 1.82) is 0 Å². The second-order valence-corrected chi connectivity index (χ2v) is 35.5. The maximum absolute atomic E-state index is 13.3. The topological polar surface area (TPSA) is 17.1 Å². The van der Waals surface area contributed by atoms with Gasteiger partial charge < -0.3 is 0 Å². The molecule has 10 aliphatic heterocycles. The number of ketones is 1. The van der Waals surface area contributed by atoms with Crippen molar-refractivity contribution in [3.05, 3.63) is 41.7 Å². The van der Waals surface area contributed by atoms with E-state index in [0.717, 1.165) is 15.2 Å². The van der Waals surface area contributed by atoms with Crippen LogP contribution < -0.4 is 0 Å². The molecule has 10 heterocycles. The predicted octanol–water partition coefficient (Wildman–Crippen LogP) is 5.17. The van der Waals surface area contributed by atoms with Gasteiger partial charge in [0.05, 0.1) is 0 Å². The van der Waals surface area contributed by atoms with Crippen molar-refractivity contribution in [3.8, 4) is 0 Å². The Kier molecular flexibility index (Phi) is 0.345. The fraction of sp³-hybridized carbons (Fsp3) is 0.526. The molecule has 112 valence electrons. The Labute approximate surface area is 117 Å². The first-order valence-electron chi connectivity index (χ1n) is 8.63. The van der Waals surface area contributed by atoms with Crippen LogP contribution in [0.4, 0.5) is 4.39 Å². The van der Waals surface area contributed by atoms with Crippen LogP contribution in [0.1, 0.15) is 5.56 Å². The summed E-state index contributed by atoms with van der Waals surface area (Å²) in [5.41, 5.74) is 0.960. The van der Waals surface area contributed by atoms with Gasteiger partial charge in [0.2, 0.25) is 0 Å². The molecule has 11 rings (SSSR count). The Morgan fingerprint density at radius 1 is 0.955 bits per heavy atom. The maximum atomic E-state index is 13.3. The number of carbonyl (C=O) groups is 1. The van der Waals surface area contributed by atoms with E-state index in [2.05, 4.69) is 0 Å². The number of fused-ring (bicyclic) bond motifs is 10. The quantitative estimate of drug-likeness (QED) is 0.551. The first kappa shape index (κ1) is 8.80. The molecule has 0 aliphatic carbocycles. The normalized spacial score (nSPS) is 94.9. The number of rotatable bonds is 3. The molecule has 10 fully saturated rings. The third kappa shape index (κ3) is 0.115. The van der Waals surface area contributed by atoms with Crippen LogP contribution in [-0.2, 0) is 11.3 Å². The molecule has 1 aromatic rings. The van der Waals surface area contributed by atoms with Crippen molar-refractivity contribution in [1.82, 2.24) is 0 Å². The molecule has 0 amide bonds. The zero-order chi connectivity index (χ0) is 14.0. The van der Waals surface area contributed by atoms with Crippen LogP contribution in [0.2, 0.25) is 47.7 Å². The second-order valence-electron chi connectivity index (χ2n) is 11.9. The number of benzene rings is 1. The van der Waals surface area contributed by atoms with E-state index >= 15 is 0 Å². The van der Waals surface area contributed by atoms with Gasteiger partial charge in [0, 0.05) is 0 Å². The van der Waals surface area contributed by atoms with E-state index in [0.29, 0.717) is 10.1 Å². The van der Waals surface area contributed by atoms with Gasteiger partial charge >= 0.3 is 117 Å². The summed E-state index contributed by atoms with van der Waals surface area (Å²) in [7, 11) is 0. The molecule has 0 bridgehead atoms. The van der Waals surface area contributed by atoms with E-state index in [9.17, 15) is 9.18 Å². The summed E-state index contributed by atoms with van der Waals surface area (Å²) in [6, 6.07) is 6.51. The van der Waals surface area contributed by atoms with Gasteiger partial charge in [0.15, 0.2) is 0 Å². The SMILES string of the molecule is O=C(C=Cc1ccc(F)cc1)[C]12[CH]3[CH]4[CH]5[CH]1[Fe]45321678[CH]2[CH]1[CH]6[CH]7[CH]28. The molecule has 1 aromatic carbocycles.